The van der Waals surface area contributed by atoms with E-state index >= 15 is 0 Å². The average molecular weight is 469 g/mol. The van der Waals surface area contributed by atoms with Crippen molar-refractivity contribution in [3.63, 3.8) is 0 Å². The lowest BCUT2D eigenvalue weighted by molar-refractivity contribution is 0.383. The molecule has 33 heavy (non-hydrogen) atoms. The van der Waals surface area contributed by atoms with Crippen LogP contribution in [0.2, 0.25) is 0 Å². The van der Waals surface area contributed by atoms with Gasteiger partial charge in [-0.2, -0.15) is 0 Å². The monoisotopic (exact) mass is 468 g/mol. The molecular weight excluding hydrogens is 436 g/mol. The van der Waals surface area contributed by atoms with E-state index in [0.717, 1.165) is 41.7 Å². The molecule has 3 aromatic rings. The predicted octanol–water partition coefficient (Wildman–Crippen LogP) is 3.37. The fourth-order valence-corrected chi connectivity index (χ4v) is 3.76. The molecule has 2 N–H and O–H groups in total. The summed E-state index contributed by atoms with van der Waals surface area (Å²) in [5.41, 5.74) is 2.34. The molecule has 0 radical (unpaired) electrons. The molecule has 0 saturated heterocycles. The molecular formula is C25H32N4O3S. The third-order valence-electron chi connectivity index (χ3n) is 5.37. The topological polar surface area (TPSA) is 69.8 Å². The van der Waals surface area contributed by atoms with Gasteiger partial charge in [0.05, 0.1) is 26.3 Å². The Hall–Kier alpha value is -3.10. The molecule has 176 valence electrons. The number of hydrogen-bond acceptors (Lipinski definition) is 5. The van der Waals surface area contributed by atoms with Crippen molar-refractivity contribution in [3.8, 4) is 11.5 Å². The molecule has 7 nitrogen and oxygen atoms in total. The van der Waals surface area contributed by atoms with Crippen molar-refractivity contribution >= 4 is 28.2 Å². The molecule has 0 atom stereocenters. The van der Waals surface area contributed by atoms with Crippen LogP contribution >= 0.6 is 12.2 Å². The number of pyridine rings is 1. The summed E-state index contributed by atoms with van der Waals surface area (Å²) in [6, 6.07) is 15.5. The number of thiocarbonyl (C=S) groups is 1. The van der Waals surface area contributed by atoms with Crippen molar-refractivity contribution in [2.45, 2.75) is 19.5 Å². The Labute approximate surface area is 200 Å². The fraction of sp³-hybridized carbons (Fsp3) is 0.360. The van der Waals surface area contributed by atoms with Crippen LogP contribution in [0.1, 0.15) is 17.5 Å². The van der Waals surface area contributed by atoms with Gasteiger partial charge in [0.2, 0.25) is 0 Å². The van der Waals surface area contributed by atoms with Crippen LogP contribution in [-0.2, 0) is 13.1 Å². The van der Waals surface area contributed by atoms with E-state index in [0.29, 0.717) is 29.5 Å². The van der Waals surface area contributed by atoms with Crippen LogP contribution in [0, 0.1) is 0 Å². The minimum absolute atomic E-state index is 0.133. The van der Waals surface area contributed by atoms with Crippen molar-refractivity contribution in [3.05, 3.63) is 70.0 Å². The number of aromatic nitrogens is 1. The van der Waals surface area contributed by atoms with E-state index in [1.165, 1.54) is 0 Å². The quantitative estimate of drug-likeness (QED) is 0.349. The number of nitrogens with zero attached hydrogens (tertiary/aromatic N) is 2. The summed E-state index contributed by atoms with van der Waals surface area (Å²) in [6.45, 7) is 2.71. The Kier molecular flexibility index (Phi) is 8.68. The van der Waals surface area contributed by atoms with Gasteiger partial charge in [0.15, 0.2) is 5.11 Å². The number of fused-ring (bicyclic) bond motifs is 1. The van der Waals surface area contributed by atoms with E-state index in [4.69, 9.17) is 21.7 Å². The van der Waals surface area contributed by atoms with E-state index in [1.807, 2.05) is 53.4 Å². The minimum atomic E-state index is -0.133. The lowest BCUT2D eigenvalue weighted by Crippen LogP contribution is -2.40. The number of benzene rings is 2. The highest BCUT2D eigenvalue weighted by atomic mass is 32.1. The Morgan fingerprint density at radius 3 is 2.36 bits per heavy atom. The molecule has 0 fully saturated rings. The molecule has 1 aromatic heterocycles. The van der Waals surface area contributed by atoms with Gasteiger partial charge in [0.25, 0.3) is 5.56 Å². The zero-order chi connectivity index (χ0) is 23.8. The van der Waals surface area contributed by atoms with Crippen LogP contribution in [0.25, 0.3) is 10.9 Å². The second kappa shape index (κ2) is 11.7. The van der Waals surface area contributed by atoms with Gasteiger partial charge in [-0.25, -0.2) is 0 Å². The molecule has 8 heteroatoms. The van der Waals surface area contributed by atoms with Gasteiger partial charge in [0, 0.05) is 24.7 Å². The Bertz CT molecular complexity index is 1130. The van der Waals surface area contributed by atoms with Crippen LogP contribution < -0.4 is 20.3 Å². The first-order valence-electron chi connectivity index (χ1n) is 10.9. The van der Waals surface area contributed by atoms with E-state index in [9.17, 15) is 4.79 Å². The van der Waals surface area contributed by atoms with Crippen LogP contribution in [-0.4, -0.2) is 61.3 Å². The van der Waals surface area contributed by atoms with E-state index in [-0.39, 0.29) is 5.56 Å². The number of methoxy groups -OCH3 is 2. The number of aromatic amines is 1. The largest absolute Gasteiger partial charge is 0.497 e. The van der Waals surface area contributed by atoms with Crippen molar-refractivity contribution in [2.75, 3.05) is 41.4 Å². The summed E-state index contributed by atoms with van der Waals surface area (Å²) >= 11 is 5.72. The lowest BCUT2D eigenvalue weighted by Gasteiger charge is -2.26. The first-order chi connectivity index (χ1) is 15.9. The Morgan fingerprint density at radius 2 is 1.70 bits per heavy atom. The van der Waals surface area contributed by atoms with Crippen molar-refractivity contribution in [1.29, 1.82) is 0 Å². The maximum absolute atomic E-state index is 12.9. The molecule has 3 rings (SSSR count). The van der Waals surface area contributed by atoms with Crippen molar-refractivity contribution in [2.24, 2.45) is 0 Å². The number of H-pyrrole nitrogens is 1. The summed E-state index contributed by atoms with van der Waals surface area (Å²) in [7, 11) is 7.36. The second-order valence-electron chi connectivity index (χ2n) is 8.17. The summed E-state index contributed by atoms with van der Waals surface area (Å²) in [6.07, 6.45) is 0.974. The molecule has 0 aliphatic rings. The number of nitrogens with one attached hydrogen (secondary N) is 2. The maximum atomic E-state index is 12.9. The van der Waals surface area contributed by atoms with Crippen molar-refractivity contribution < 1.29 is 9.47 Å². The van der Waals surface area contributed by atoms with Crippen LogP contribution in [0.3, 0.4) is 0 Å². The molecule has 0 bridgehead atoms. The number of rotatable bonds is 10. The first kappa shape index (κ1) is 24.5. The first-order valence-corrected chi connectivity index (χ1v) is 11.3. The Balaban J connectivity index is 1.82. The molecule has 0 unspecified atom stereocenters. The third-order valence-corrected chi connectivity index (χ3v) is 5.77. The molecule has 0 amide bonds. The van der Waals surface area contributed by atoms with Crippen LogP contribution in [0.15, 0.2) is 53.3 Å². The van der Waals surface area contributed by atoms with Gasteiger partial charge >= 0.3 is 0 Å². The molecule has 0 aliphatic heterocycles. The SMILES string of the molecule is COc1ccc(CN(Cc2cc3ccc(OC)cc3[nH]c2=O)C(=S)NCCCN(C)C)cc1. The van der Waals surface area contributed by atoms with Crippen LogP contribution in [0.5, 0.6) is 11.5 Å². The molecule has 1 heterocycles. The van der Waals surface area contributed by atoms with Crippen LogP contribution in [0.4, 0.5) is 0 Å². The highest BCUT2D eigenvalue weighted by Gasteiger charge is 2.14. The minimum Gasteiger partial charge on any atom is -0.497 e. The third kappa shape index (κ3) is 6.94. The summed E-state index contributed by atoms with van der Waals surface area (Å²) in [5.74, 6) is 1.51. The zero-order valence-corrected chi connectivity index (χ0v) is 20.5. The van der Waals surface area contributed by atoms with Gasteiger partial charge in [-0.3, -0.25) is 4.79 Å². The van der Waals surface area contributed by atoms with Crippen molar-refractivity contribution in [1.82, 2.24) is 20.1 Å². The Morgan fingerprint density at radius 1 is 1.00 bits per heavy atom. The summed E-state index contributed by atoms with van der Waals surface area (Å²) < 4.78 is 10.5. The molecule has 0 aliphatic carbocycles. The highest BCUT2D eigenvalue weighted by molar-refractivity contribution is 7.80. The van der Waals surface area contributed by atoms with Gasteiger partial charge in [-0.05, 0) is 80.6 Å². The van der Waals surface area contributed by atoms with Gasteiger partial charge in [-0.1, -0.05) is 12.1 Å². The molecule has 0 saturated carbocycles. The smallest absolute Gasteiger partial charge is 0.253 e. The van der Waals surface area contributed by atoms with E-state index in [1.54, 1.807) is 14.2 Å². The highest BCUT2D eigenvalue weighted by Crippen LogP contribution is 2.20. The zero-order valence-electron chi connectivity index (χ0n) is 19.7. The van der Waals surface area contributed by atoms with Gasteiger partial charge in [-0.15, -0.1) is 0 Å². The summed E-state index contributed by atoms with van der Waals surface area (Å²) in [4.78, 5) is 20.0. The summed E-state index contributed by atoms with van der Waals surface area (Å²) in [5, 5.41) is 4.92. The average Bonchev–Trinajstić information content (AvgIpc) is 2.81. The molecule has 0 spiro atoms. The van der Waals surface area contributed by atoms with E-state index < -0.39 is 0 Å². The fourth-order valence-electron chi connectivity index (χ4n) is 3.53. The van der Waals surface area contributed by atoms with Gasteiger partial charge in [0.1, 0.15) is 11.5 Å². The number of ether oxygens (including phenoxy) is 2. The standard InChI is InChI=1S/C25H32N4O3S/c1-28(2)13-5-12-26-25(33)29(16-18-6-9-21(31-3)10-7-18)17-20-14-19-8-11-22(32-4)15-23(19)27-24(20)30/h6-11,14-15H,5,12-13,16-17H2,1-4H3,(H,26,33)(H,27,30). The molecule has 2 aromatic carbocycles. The predicted molar refractivity (Wildman–Crippen MR) is 137 cm³/mol. The maximum Gasteiger partial charge on any atom is 0.253 e. The lowest BCUT2D eigenvalue weighted by atomic mass is 10.1. The van der Waals surface area contributed by atoms with E-state index in [2.05, 4.69) is 29.3 Å². The normalized spacial score (nSPS) is 10.9. The van der Waals surface area contributed by atoms with Gasteiger partial charge < -0.3 is 29.6 Å². The second-order valence-corrected chi connectivity index (χ2v) is 8.56. The number of hydrogen-bond donors (Lipinski definition) is 2.